The Labute approximate surface area is 132 Å². The minimum atomic E-state index is 0.153. The molecule has 0 aliphatic carbocycles. The van der Waals surface area contributed by atoms with Crippen LogP contribution in [0.1, 0.15) is 24.8 Å². The number of hydrogen-bond donors (Lipinski definition) is 2. The average molecular weight is 306 g/mol. The van der Waals surface area contributed by atoms with Crippen LogP contribution in [0.4, 0.5) is 0 Å². The molecule has 0 aromatic heterocycles. The van der Waals surface area contributed by atoms with E-state index in [0.29, 0.717) is 6.54 Å². The van der Waals surface area contributed by atoms with Crippen LogP contribution < -0.4 is 20.1 Å². The Morgan fingerprint density at radius 3 is 2.82 bits per heavy atom. The molecule has 0 unspecified atom stereocenters. The van der Waals surface area contributed by atoms with E-state index in [4.69, 9.17) is 9.47 Å². The first-order valence-corrected chi connectivity index (χ1v) is 7.94. The van der Waals surface area contributed by atoms with Crippen molar-refractivity contribution in [2.45, 2.75) is 25.7 Å². The second-order valence-electron chi connectivity index (χ2n) is 5.61. The molecule has 1 aliphatic rings. The minimum Gasteiger partial charge on any atom is -0.493 e. The molecule has 5 nitrogen and oxygen atoms in total. The molecule has 1 atom stereocenters. The fourth-order valence-electron chi connectivity index (χ4n) is 2.79. The summed E-state index contributed by atoms with van der Waals surface area (Å²) in [5.74, 6) is 1.78. The van der Waals surface area contributed by atoms with E-state index in [9.17, 15) is 4.79 Å². The van der Waals surface area contributed by atoms with Crippen molar-refractivity contribution in [2.75, 3.05) is 33.9 Å². The molecule has 0 bridgehead atoms. The van der Waals surface area contributed by atoms with Crippen LogP contribution in [0, 0.1) is 5.92 Å². The Hall–Kier alpha value is -1.75. The number of ether oxygens (including phenoxy) is 2. The zero-order valence-corrected chi connectivity index (χ0v) is 13.5. The highest BCUT2D eigenvalue weighted by molar-refractivity contribution is 5.78. The number of amides is 1. The number of carbonyl (C=O) groups excluding carboxylic acids is 1. The van der Waals surface area contributed by atoms with Crippen molar-refractivity contribution in [2.24, 2.45) is 5.92 Å². The molecule has 1 fully saturated rings. The molecule has 1 aromatic carbocycles. The molecule has 22 heavy (non-hydrogen) atoms. The highest BCUT2D eigenvalue weighted by atomic mass is 16.5. The molecule has 5 heteroatoms. The van der Waals surface area contributed by atoms with Gasteiger partial charge in [-0.1, -0.05) is 6.07 Å². The topological polar surface area (TPSA) is 59.6 Å². The van der Waals surface area contributed by atoms with Crippen LogP contribution in [0.15, 0.2) is 18.2 Å². The lowest BCUT2D eigenvalue weighted by molar-refractivity contribution is -0.125. The first-order valence-electron chi connectivity index (χ1n) is 7.94. The van der Waals surface area contributed by atoms with Gasteiger partial charge >= 0.3 is 0 Å². The molecule has 2 N–H and O–H groups in total. The van der Waals surface area contributed by atoms with Gasteiger partial charge in [-0.15, -0.1) is 0 Å². The summed E-state index contributed by atoms with van der Waals surface area (Å²) in [4.78, 5) is 12.2. The van der Waals surface area contributed by atoms with Crippen LogP contribution in [-0.2, 0) is 11.2 Å². The molecule has 2 rings (SSSR count). The van der Waals surface area contributed by atoms with Crippen molar-refractivity contribution >= 4 is 5.91 Å². The maximum atomic E-state index is 12.2. The van der Waals surface area contributed by atoms with E-state index in [1.54, 1.807) is 14.2 Å². The third-order valence-corrected chi connectivity index (χ3v) is 4.11. The van der Waals surface area contributed by atoms with Crippen LogP contribution in [0.25, 0.3) is 0 Å². The van der Waals surface area contributed by atoms with Crippen LogP contribution in [-0.4, -0.2) is 39.8 Å². The maximum Gasteiger partial charge on any atom is 0.223 e. The first-order chi connectivity index (χ1) is 10.7. The molecule has 0 radical (unpaired) electrons. The fourth-order valence-corrected chi connectivity index (χ4v) is 2.79. The zero-order chi connectivity index (χ0) is 15.8. The fraction of sp³-hybridized carbons (Fsp3) is 0.588. The molecule has 1 aromatic rings. The third kappa shape index (κ3) is 4.63. The van der Waals surface area contributed by atoms with Gasteiger partial charge in [-0.3, -0.25) is 4.79 Å². The lowest BCUT2D eigenvalue weighted by Crippen LogP contribution is -2.32. The van der Waals surface area contributed by atoms with Gasteiger partial charge in [-0.25, -0.2) is 0 Å². The molecule has 0 spiro atoms. The van der Waals surface area contributed by atoms with E-state index in [2.05, 4.69) is 10.6 Å². The predicted octanol–water partition coefficient (Wildman–Crippen LogP) is 1.75. The molecule has 0 saturated carbocycles. The minimum absolute atomic E-state index is 0.153. The molecular formula is C17H26N2O3. The number of nitrogens with one attached hydrogen (secondary N) is 2. The van der Waals surface area contributed by atoms with E-state index in [0.717, 1.165) is 55.8 Å². The monoisotopic (exact) mass is 306 g/mol. The average Bonchev–Trinajstić information content (AvgIpc) is 2.83. The van der Waals surface area contributed by atoms with Gasteiger partial charge < -0.3 is 20.1 Å². The molecule has 1 saturated heterocycles. The van der Waals surface area contributed by atoms with Crippen molar-refractivity contribution in [3.63, 3.8) is 0 Å². The van der Waals surface area contributed by atoms with Crippen LogP contribution >= 0.6 is 0 Å². The van der Waals surface area contributed by atoms with Crippen LogP contribution in [0.3, 0.4) is 0 Å². The highest BCUT2D eigenvalue weighted by Gasteiger charge is 2.19. The van der Waals surface area contributed by atoms with E-state index in [1.807, 2.05) is 18.2 Å². The maximum absolute atomic E-state index is 12.2. The van der Waals surface area contributed by atoms with Crippen LogP contribution in [0.2, 0.25) is 0 Å². The van der Waals surface area contributed by atoms with Crippen molar-refractivity contribution in [1.82, 2.24) is 10.6 Å². The predicted molar refractivity (Wildman–Crippen MR) is 86.5 cm³/mol. The molecule has 1 amide bonds. The summed E-state index contributed by atoms with van der Waals surface area (Å²) >= 11 is 0. The standard InChI is InChI=1S/C17H26N2O3/c1-21-15-6-5-13(12-16(15)22-2)7-11-19-17(20)14-4-3-9-18-10-8-14/h5-6,12,14,18H,3-4,7-11H2,1-2H3,(H,19,20)/t14-/m0/s1. The quantitative estimate of drug-likeness (QED) is 0.841. The molecule has 1 aliphatic heterocycles. The summed E-state index contributed by atoms with van der Waals surface area (Å²) in [5, 5.41) is 6.39. The number of benzene rings is 1. The second-order valence-corrected chi connectivity index (χ2v) is 5.61. The van der Waals surface area contributed by atoms with Gasteiger partial charge in [0.05, 0.1) is 14.2 Å². The smallest absolute Gasteiger partial charge is 0.223 e. The van der Waals surface area contributed by atoms with Crippen molar-refractivity contribution in [3.05, 3.63) is 23.8 Å². The Morgan fingerprint density at radius 1 is 1.23 bits per heavy atom. The van der Waals surface area contributed by atoms with Gasteiger partial charge in [0.1, 0.15) is 0 Å². The van der Waals surface area contributed by atoms with Gasteiger partial charge in [-0.05, 0) is 56.5 Å². The Bertz CT molecular complexity index is 483. The van der Waals surface area contributed by atoms with Crippen molar-refractivity contribution < 1.29 is 14.3 Å². The van der Waals surface area contributed by atoms with E-state index < -0.39 is 0 Å². The summed E-state index contributed by atoms with van der Waals surface area (Å²) in [6.45, 7) is 2.61. The largest absolute Gasteiger partial charge is 0.493 e. The number of rotatable bonds is 6. The summed E-state index contributed by atoms with van der Waals surface area (Å²) < 4.78 is 10.5. The number of carbonyl (C=O) groups is 1. The lowest BCUT2D eigenvalue weighted by atomic mass is 10.00. The van der Waals surface area contributed by atoms with E-state index in [1.165, 1.54) is 0 Å². The summed E-state index contributed by atoms with van der Waals surface area (Å²) in [5.41, 5.74) is 1.13. The summed E-state index contributed by atoms with van der Waals surface area (Å²) in [7, 11) is 3.25. The second kappa shape index (κ2) is 8.63. The van der Waals surface area contributed by atoms with Crippen molar-refractivity contribution in [3.8, 4) is 11.5 Å². The van der Waals surface area contributed by atoms with Gasteiger partial charge in [0.15, 0.2) is 11.5 Å². The Kier molecular flexibility index (Phi) is 6.52. The van der Waals surface area contributed by atoms with Gasteiger partial charge in [0.2, 0.25) is 5.91 Å². The van der Waals surface area contributed by atoms with Gasteiger partial charge in [0, 0.05) is 12.5 Å². The van der Waals surface area contributed by atoms with Gasteiger partial charge in [0.25, 0.3) is 0 Å². The zero-order valence-electron chi connectivity index (χ0n) is 13.5. The Morgan fingerprint density at radius 2 is 2.05 bits per heavy atom. The summed E-state index contributed by atoms with van der Waals surface area (Å²) in [6.07, 6.45) is 3.78. The molecule has 1 heterocycles. The highest BCUT2D eigenvalue weighted by Crippen LogP contribution is 2.27. The van der Waals surface area contributed by atoms with E-state index >= 15 is 0 Å². The molecular weight excluding hydrogens is 280 g/mol. The van der Waals surface area contributed by atoms with E-state index in [-0.39, 0.29) is 11.8 Å². The lowest BCUT2D eigenvalue weighted by Gasteiger charge is -2.14. The summed E-state index contributed by atoms with van der Waals surface area (Å²) in [6, 6.07) is 5.86. The molecule has 122 valence electrons. The SMILES string of the molecule is COc1ccc(CCNC(=O)[C@H]2CCCNCC2)cc1OC. The third-order valence-electron chi connectivity index (χ3n) is 4.11. The van der Waals surface area contributed by atoms with Gasteiger partial charge in [-0.2, -0.15) is 0 Å². The first kappa shape index (κ1) is 16.6. The number of methoxy groups -OCH3 is 2. The number of hydrogen-bond acceptors (Lipinski definition) is 4. The Balaban J connectivity index is 1.81. The normalized spacial score (nSPS) is 18.4. The van der Waals surface area contributed by atoms with Crippen molar-refractivity contribution in [1.29, 1.82) is 0 Å². The van der Waals surface area contributed by atoms with Crippen LogP contribution in [0.5, 0.6) is 11.5 Å².